The van der Waals surface area contributed by atoms with Gasteiger partial charge in [-0.1, -0.05) is 6.07 Å². The molecule has 1 aromatic rings. The Morgan fingerprint density at radius 2 is 2.43 bits per heavy atom. The Morgan fingerprint density at radius 3 is 3.14 bits per heavy atom. The summed E-state index contributed by atoms with van der Waals surface area (Å²) in [5.41, 5.74) is 0. The molecule has 1 atom stereocenters. The van der Waals surface area contributed by atoms with Crippen LogP contribution in [0, 0.1) is 5.95 Å². The fourth-order valence-electron chi connectivity index (χ4n) is 1.63. The highest BCUT2D eigenvalue weighted by Gasteiger charge is 2.19. The minimum Gasteiger partial charge on any atom is -0.377 e. The van der Waals surface area contributed by atoms with Crippen molar-refractivity contribution in [2.75, 3.05) is 24.7 Å². The summed E-state index contributed by atoms with van der Waals surface area (Å²) in [5.74, 6) is 0.266. The first-order chi connectivity index (χ1) is 6.77. The van der Waals surface area contributed by atoms with Gasteiger partial charge in [-0.05, 0) is 19.1 Å². The highest BCUT2D eigenvalue weighted by Crippen LogP contribution is 2.16. The minimum atomic E-state index is -0.429. The van der Waals surface area contributed by atoms with Crippen LogP contribution < -0.4 is 4.90 Å². The van der Waals surface area contributed by atoms with Crippen molar-refractivity contribution in [2.45, 2.75) is 13.0 Å². The van der Waals surface area contributed by atoms with E-state index in [1.54, 1.807) is 6.07 Å². The van der Waals surface area contributed by atoms with E-state index in [0.29, 0.717) is 19.0 Å². The van der Waals surface area contributed by atoms with Crippen LogP contribution >= 0.6 is 0 Å². The third kappa shape index (κ3) is 1.85. The lowest BCUT2D eigenvalue weighted by Crippen LogP contribution is -2.44. The smallest absolute Gasteiger partial charge is 0.214 e. The zero-order valence-electron chi connectivity index (χ0n) is 8.11. The molecule has 3 nitrogen and oxygen atoms in total. The van der Waals surface area contributed by atoms with Crippen molar-refractivity contribution in [1.82, 2.24) is 4.98 Å². The molecule has 76 valence electrons. The number of rotatable bonds is 1. The van der Waals surface area contributed by atoms with Gasteiger partial charge in [-0.15, -0.1) is 0 Å². The third-order valence-corrected chi connectivity index (χ3v) is 2.36. The zero-order chi connectivity index (χ0) is 9.97. The van der Waals surface area contributed by atoms with E-state index in [0.717, 1.165) is 6.54 Å². The maximum Gasteiger partial charge on any atom is 0.214 e. The van der Waals surface area contributed by atoms with Crippen molar-refractivity contribution < 1.29 is 9.13 Å². The molecule has 1 aromatic heterocycles. The van der Waals surface area contributed by atoms with Crippen LogP contribution in [0.2, 0.25) is 0 Å². The number of pyridine rings is 1. The van der Waals surface area contributed by atoms with E-state index < -0.39 is 5.95 Å². The molecule has 0 aliphatic carbocycles. The predicted octanol–water partition coefficient (Wildman–Crippen LogP) is 1.45. The van der Waals surface area contributed by atoms with E-state index >= 15 is 0 Å². The molecular weight excluding hydrogens is 183 g/mol. The van der Waals surface area contributed by atoms with Crippen LogP contribution in [0.1, 0.15) is 6.92 Å². The highest BCUT2D eigenvalue weighted by atomic mass is 19.1. The fraction of sp³-hybridized carbons (Fsp3) is 0.500. The Hall–Kier alpha value is -1.16. The van der Waals surface area contributed by atoms with E-state index in [2.05, 4.69) is 9.88 Å². The summed E-state index contributed by atoms with van der Waals surface area (Å²) >= 11 is 0. The molecule has 0 aromatic carbocycles. The molecule has 0 spiro atoms. The van der Waals surface area contributed by atoms with Crippen LogP contribution in [-0.4, -0.2) is 30.8 Å². The van der Waals surface area contributed by atoms with Crippen LogP contribution in [0.5, 0.6) is 0 Å². The topological polar surface area (TPSA) is 25.4 Å². The summed E-state index contributed by atoms with van der Waals surface area (Å²) < 4.78 is 18.2. The molecule has 2 heterocycles. The fourth-order valence-corrected chi connectivity index (χ4v) is 1.63. The molecule has 1 aliphatic heterocycles. The van der Waals surface area contributed by atoms with Crippen LogP contribution in [0.3, 0.4) is 0 Å². The first kappa shape index (κ1) is 9.40. The van der Waals surface area contributed by atoms with Gasteiger partial charge in [-0.2, -0.15) is 4.39 Å². The number of aromatic nitrogens is 1. The zero-order valence-corrected chi connectivity index (χ0v) is 8.11. The van der Waals surface area contributed by atoms with Crippen molar-refractivity contribution in [3.63, 3.8) is 0 Å². The van der Waals surface area contributed by atoms with Gasteiger partial charge in [-0.3, -0.25) is 0 Å². The summed E-state index contributed by atoms with van der Waals surface area (Å²) in [5, 5.41) is 0. The van der Waals surface area contributed by atoms with Gasteiger partial charge in [0.1, 0.15) is 5.82 Å². The number of hydrogen-bond donors (Lipinski definition) is 0. The van der Waals surface area contributed by atoms with E-state index in [1.165, 1.54) is 6.07 Å². The number of morpholine rings is 1. The van der Waals surface area contributed by atoms with Crippen LogP contribution in [-0.2, 0) is 4.74 Å². The summed E-state index contributed by atoms with van der Waals surface area (Å²) in [6.45, 7) is 4.18. The number of nitrogens with zero attached hydrogens (tertiary/aromatic N) is 2. The Morgan fingerprint density at radius 1 is 1.57 bits per heavy atom. The Kier molecular flexibility index (Phi) is 2.63. The van der Waals surface area contributed by atoms with Crippen molar-refractivity contribution in [1.29, 1.82) is 0 Å². The standard InChI is InChI=1S/C10H13FN2O/c1-8-7-14-6-5-13(8)10-4-2-3-9(11)12-10/h2-4,8H,5-7H2,1H3/t8-/m0/s1. The first-order valence-corrected chi connectivity index (χ1v) is 4.74. The van der Waals surface area contributed by atoms with Crippen LogP contribution in [0.15, 0.2) is 18.2 Å². The largest absolute Gasteiger partial charge is 0.377 e. The maximum atomic E-state index is 12.9. The van der Waals surface area contributed by atoms with E-state index in [1.807, 2.05) is 13.0 Å². The lowest BCUT2D eigenvalue weighted by molar-refractivity contribution is 0.0984. The first-order valence-electron chi connectivity index (χ1n) is 4.74. The highest BCUT2D eigenvalue weighted by molar-refractivity contribution is 5.39. The van der Waals surface area contributed by atoms with E-state index in [-0.39, 0.29) is 6.04 Å². The van der Waals surface area contributed by atoms with E-state index in [9.17, 15) is 4.39 Å². The maximum absolute atomic E-state index is 12.9. The van der Waals surface area contributed by atoms with Gasteiger partial charge in [0.15, 0.2) is 0 Å². The lowest BCUT2D eigenvalue weighted by Gasteiger charge is -2.34. The molecule has 0 bridgehead atoms. The van der Waals surface area contributed by atoms with Crippen molar-refractivity contribution >= 4 is 5.82 Å². The van der Waals surface area contributed by atoms with Gasteiger partial charge in [0.25, 0.3) is 0 Å². The Labute approximate surface area is 82.5 Å². The second-order valence-corrected chi connectivity index (χ2v) is 3.44. The van der Waals surface area contributed by atoms with Gasteiger partial charge in [0.05, 0.1) is 19.3 Å². The molecule has 1 saturated heterocycles. The Bertz CT molecular complexity index is 319. The van der Waals surface area contributed by atoms with E-state index in [4.69, 9.17) is 4.74 Å². The quantitative estimate of drug-likeness (QED) is 0.635. The second-order valence-electron chi connectivity index (χ2n) is 3.44. The summed E-state index contributed by atoms with van der Waals surface area (Å²) in [7, 11) is 0. The molecule has 0 amide bonds. The molecule has 1 fully saturated rings. The van der Waals surface area contributed by atoms with Crippen molar-refractivity contribution in [3.8, 4) is 0 Å². The number of hydrogen-bond acceptors (Lipinski definition) is 3. The van der Waals surface area contributed by atoms with Gasteiger partial charge in [0, 0.05) is 6.54 Å². The molecule has 0 saturated carbocycles. The average Bonchev–Trinajstić information content (AvgIpc) is 2.18. The number of anilines is 1. The molecule has 1 aliphatic rings. The number of halogens is 1. The van der Waals surface area contributed by atoms with Crippen molar-refractivity contribution in [3.05, 3.63) is 24.1 Å². The summed E-state index contributed by atoms with van der Waals surface area (Å²) in [4.78, 5) is 5.91. The summed E-state index contributed by atoms with van der Waals surface area (Å²) in [6.07, 6.45) is 0. The second kappa shape index (κ2) is 3.92. The number of ether oxygens (including phenoxy) is 1. The molecule has 0 unspecified atom stereocenters. The molecule has 2 rings (SSSR count). The molecule has 14 heavy (non-hydrogen) atoms. The van der Waals surface area contributed by atoms with Crippen molar-refractivity contribution in [2.24, 2.45) is 0 Å². The van der Waals surface area contributed by atoms with Gasteiger partial charge < -0.3 is 9.64 Å². The molecule has 0 radical (unpaired) electrons. The minimum absolute atomic E-state index is 0.262. The normalized spacial score (nSPS) is 22.4. The molecule has 4 heteroatoms. The van der Waals surface area contributed by atoms with Gasteiger partial charge in [-0.25, -0.2) is 4.98 Å². The van der Waals surface area contributed by atoms with Crippen LogP contribution in [0.4, 0.5) is 10.2 Å². The third-order valence-electron chi connectivity index (χ3n) is 2.36. The average molecular weight is 196 g/mol. The van der Waals surface area contributed by atoms with Gasteiger partial charge >= 0.3 is 0 Å². The van der Waals surface area contributed by atoms with Gasteiger partial charge in [0.2, 0.25) is 5.95 Å². The predicted molar refractivity (Wildman–Crippen MR) is 51.8 cm³/mol. The summed E-state index contributed by atoms with van der Waals surface area (Å²) in [6, 6.07) is 5.12. The van der Waals surface area contributed by atoms with Crippen LogP contribution in [0.25, 0.3) is 0 Å². The Balaban J connectivity index is 2.20. The molecular formula is C10H13FN2O. The SMILES string of the molecule is C[C@H]1COCCN1c1cccc(F)n1. The lowest BCUT2D eigenvalue weighted by atomic mass is 10.2. The molecule has 0 N–H and O–H groups in total. The monoisotopic (exact) mass is 196 g/mol.